The number of thiophene rings is 2. The van der Waals surface area contributed by atoms with E-state index in [0.717, 1.165) is 20.4 Å². The van der Waals surface area contributed by atoms with Gasteiger partial charge in [0.2, 0.25) is 0 Å². The topological polar surface area (TPSA) is 123 Å². The second-order valence-corrected chi connectivity index (χ2v) is 17.5. The minimum absolute atomic E-state index is 0.0513. The number of nitrogens with zero attached hydrogens (tertiary/aromatic N) is 2. The Morgan fingerprint density at radius 3 is 1.53 bits per heavy atom. The van der Waals surface area contributed by atoms with Gasteiger partial charge in [0, 0.05) is 0 Å². The van der Waals surface area contributed by atoms with Crippen molar-refractivity contribution in [1.29, 1.82) is 0 Å². The third-order valence-corrected chi connectivity index (χ3v) is 13.6. The van der Waals surface area contributed by atoms with Crippen LogP contribution in [0.4, 0.5) is 0 Å². The summed E-state index contributed by atoms with van der Waals surface area (Å²) >= 11 is 15.1. The summed E-state index contributed by atoms with van der Waals surface area (Å²) in [7, 11) is 0. The Kier molecular flexibility index (Phi) is 12.7. The molecule has 8 nitrogen and oxygen atoms in total. The molecule has 0 aliphatic heterocycles. The zero-order valence-corrected chi connectivity index (χ0v) is 23.1. The van der Waals surface area contributed by atoms with Crippen LogP contribution < -0.4 is 10.6 Å². The van der Waals surface area contributed by atoms with Gasteiger partial charge >= 0.3 is 216 Å². The van der Waals surface area contributed by atoms with Crippen molar-refractivity contribution in [2.24, 2.45) is 10.3 Å². The fourth-order valence-corrected chi connectivity index (χ4v) is 10.1. The second-order valence-electron chi connectivity index (χ2n) is 6.01. The summed E-state index contributed by atoms with van der Waals surface area (Å²) in [5.41, 5.74) is 0.103. The summed E-state index contributed by atoms with van der Waals surface area (Å²) < 4.78 is 1.23. The number of oxime groups is 2. The van der Waals surface area contributed by atoms with Crippen molar-refractivity contribution in [3.63, 3.8) is 0 Å². The molecule has 0 unspecified atom stereocenters. The van der Waals surface area contributed by atoms with Gasteiger partial charge in [-0.2, -0.15) is 0 Å². The van der Waals surface area contributed by atoms with Crippen molar-refractivity contribution in [2.75, 3.05) is 13.1 Å². The second kappa shape index (κ2) is 14.9. The maximum atomic E-state index is 12.1. The molecule has 14 heteroatoms. The van der Waals surface area contributed by atoms with E-state index in [0.29, 0.717) is 48.0 Å². The predicted octanol–water partition coefficient (Wildman–Crippen LogP) is 2.95. The van der Waals surface area contributed by atoms with E-state index in [9.17, 15) is 9.59 Å². The Hall–Kier alpha value is -1.10. The zero-order chi connectivity index (χ0) is 23.3. The van der Waals surface area contributed by atoms with Gasteiger partial charge < -0.3 is 0 Å². The van der Waals surface area contributed by atoms with Crippen LogP contribution >= 0.6 is 45.9 Å². The summed E-state index contributed by atoms with van der Waals surface area (Å²) in [5.74, 6) is -0.786. The van der Waals surface area contributed by atoms with Gasteiger partial charge in [0.05, 0.1) is 0 Å². The number of hydrogen-bond acceptors (Lipinski definition) is 8. The summed E-state index contributed by atoms with van der Waals surface area (Å²) in [6.07, 6.45) is 0.459. The van der Waals surface area contributed by atoms with Crippen molar-refractivity contribution in [3.8, 4) is 0 Å². The number of halogens is 2. The first-order valence-corrected chi connectivity index (χ1v) is 18.3. The van der Waals surface area contributed by atoms with Gasteiger partial charge in [-0.1, -0.05) is 0 Å². The van der Waals surface area contributed by atoms with Crippen LogP contribution in [0.15, 0.2) is 34.6 Å². The first-order valence-electron chi connectivity index (χ1n) is 9.14. The summed E-state index contributed by atoms with van der Waals surface area (Å²) in [6, 6.07) is 7.06. The number of carbonyl (C=O) groups is 2. The number of carbonyl (C=O) groups excluding carboxylic acids is 2. The van der Waals surface area contributed by atoms with Gasteiger partial charge in [0.25, 0.3) is 0 Å². The molecule has 0 aliphatic carbocycles. The molecule has 2 heterocycles. The zero-order valence-electron chi connectivity index (χ0n) is 16.5. The molecule has 0 atom stereocenters. The summed E-state index contributed by atoms with van der Waals surface area (Å²) in [5, 5.41) is 31.6. The molecular weight excluding hydrogens is 629 g/mol. The van der Waals surface area contributed by atoms with Crippen LogP contribution in [-0.2, 0) is 22.4 Å². The van der Waals surface area contributed by atoms with Crippen LogP contribution in [0, 0.1) is 0 Å². The molecular formula is C18H20Cl2N4O4S2Se2. The van der Waals surface area contributed by atoms with Crippen molar-refractivity contribution >= 4 is 95.4 Å². The van der Waals surface area contributed by atoms with Crippen LogP contribution in [0.5, 0.6) is 0 Å². The SMILES string of the molecule is O=C(NCC[Se][Se]CCNC(=O)/C(Cc1ccc(Cl)s1)=N/O)/C(Cc1ccc(Cl)s1)=N/O. The molecule has 0 spiro atoms. The van der Waals surface area contributed by atoms with Gasteiger partial charge in [-0.25, -0.2) is 0 Å². The molecule has 0 saturated heterocycles. The number of rotatable bonds is 13. The van der Waals surface area contributed by atoms with Crippen molar-refractivity contribution < 1.29 is 20.0 Å². The van der Waals surface area contributed by atoms with E-state index < -0.39 is 11.8 Å². The monoisotopic (exact) mass is 650 g/mol. The molecule has 174 valence electrons. The average Bonchev–Trinajstić information content (AvgIpc) is 3.38. The Balaban J connectivity index is 1.55. The molecule has 0 fully saturated rings. The standard InChI is InChI=1S/C18H20Cl2N4O4S2Se2/c19-15-3-1-11(29-15)9-13(23-27)17(25)21-5-7-31-32-8-6-22-18(26)14(24-28)10-12-2-4-16(20)30-12/h1-4,27-28H,5-10H2,(H,21,25)(H,22,26)/b23-13+,24-14+. The quantitative estimate of drug-likeness (QED) is 0.0877. The van der Waals surface area contributed by atoms with Crippen molar-refractivity contribution in [3.05, 3.63) is 42.7 Å². The first-order chi connectivity index (χ1) is 15.4. The third-order valence-electron chi connectivity index (χ3n) is 3.73. The molecule has 0 radical (unpaired) electrons. The van der Waals surface area contributed by atoms with Crippen LogP contribution in [-0.4, -0.2) is 73.0 Å². The molecule has 2 amide bonds. The number of hydrogen-bond donors (Lipinski definition) is 4. The van der Waals surface area contributed by atoms with E-state index in [1.807, 2.05) is 0 Å². The summed E-state index contributed by atoms with van der Waals surface area (Å²) in [6.45, 7) is 1.00. The van der Waals surface area contributed by atoms with Crippen LogP contribution in [0.1, 0.15) is 9.75 Å². The molecule has 2 aromatic heterocycles. The summed E-state index contributed by atoms with van der Waals surface area (Å²) in [4.78, 5) is 25.9. The Morgan fingerprint density at radius 1 is 0.812 bits per heavy atom. The van der Waals surface area contributed by atoms with Crippen LogP contribution in [0.2, 0.25) is 19.3 Å². The van der Waals surface area contributed by atoms with Crippen molar-refractivity contribution in [2.45, 2.75) is 23.5 Å². The van der Waals surface area contributed by atoms with Gasteiger partial charge in [-0.3, -0.25) is 0 Å². The van der Waals surface area contributed by atoms with E-state index in [2.05, 4.69) is 20.9 Å². The van der Waals surface area contributed by atoms with E-state index >= 15 is 0 Å². The first kappa shape index (κ1) is 27.1. The molecule has 0 bridgehead atoms. The van der Waals surface area contributed by atoms with Gasteiger partial charge in [-0.15, -0.1) is 0 Å². The van der Waals surface area contributed by atoms with Crippen LogP contribution in [0.25, 0.3) is 0 Å². The normalized spacial score (nSPS) is 12.1. The molecule has 4 N–H and O–H groups in total. The van der Waals surface area contributed by atoms with Gasteiger partial charge in [0.15, 0.2) is 0 Å². The van der Waals surface area contributed by atoms with E-state index in [4.69, 9.17) is 33.6 Å². The molecule has 32 heavy (non-hydrogen) atoms. The maximum absolute atomic E-state index is 12.1. The average molecular weight is 649 g/mol. The van der Waals surface area contributed by atoms with Crippen LogP contribution in [0.3, 0.4) is 0 Å². The minimum atomic E-state index is -0.393. The Morgan fingerprint density at radius 2 is 1.22 bits per heavy atom. The van der Waals surface area contributed by atoms with E-state index in [1.54, 1.807) is 24.3 Å². The number of amides is 2. The van der Waals surface area contributed by atoms with Crippen molar-refractivity contribution in [1.82, 2.24) is 10.6 Å². The molecule has 0 saturated carbocycles. The molecule has 0 aromatic carbocycles. The fourth-order valence-electron chi connectivity index (χ4n) is 2.28. The molecule has 0 aliphatic rings. The van der Waals surface area contributed by atoms with Gasteiger partial charge in [-0.05, 0) is 0 Å². The Labute approximate surface area is 214 Å². The Bertz CT molecular complexity index is 892. The fraction of sp³-hybridized carbons (Fsp3) is 0.333. The molecule has 2 rings (SSSR count). The predicted molar refractivity (Wildman–Crippen MR) is 132 cm³/mol. The van der Waals surface area contributed by atoms with Gasteiger partial charge in [0.1, 0.15) is 0 Å². The molecule has 2 aromatic rings. The van der Waals surface area contributed by atoms with E-state index in [1.165, 1.54) is 22.7 Å². The number of nitrogens with one attached hydrogen (secondary N) is 2. The van der Waals surface area contributed by atoms with E-state index in [-0.39, 0.29) is 24.3 Å². The third kappa shape index (κ3) is 9.80.